The fourth-order valence-electron chi connectivity index (χ4n) is 2.53. The van der Waals surface area contributed by atoms with Crippen LogP contribution in [0.5, 0.6) is 11.5 Å². The summed E-state index contributed by atoms with van der Waals surface area (Å²) in [7, 11) is -3.53. The monoisotopic (exact) mass is 434 g/mol. The molecule has 162 valence electrons. The van der Waals surface area contributed by atoms with E-state index in [0.29, 0.717) is 31.8 Å². The van der Waals surface area contributed by atoms with Gasteiger partial charge in [-0.15, -0.1) is 0 Å². The Morgan fingerprint density at radius 1 is 1.00 bits per heavy atom. The zero-order valence-electron chi connectivity index (χ0n) is 16.3. The molecular formula is C20H27LiO8S. The quantitative estimate of drug-likeness (QED) is 0.415. The van der Waals surface area contributed by atoms with Crippen LogP contribution in [0.3, 0.4) is 0 Å². The van der Waals surface area contributed by atoms with Crippen LogP contribution in [0.1, 0.15) is 18.1 Å². The summed E-state index contributed by atoms with van der Waals surface area (Å²) in [5.74, 6) is -0.0197. The Morgan fingerprint density at radius 3 is 2.03 bits per heavy atom. The summed E-state index contributed by atoms with van der Waals surface area (Å²) < 4.78 is 37.9. The van der Waals surface area contributed by atoms with Crippen molar-refractivity contribution in [3.05, 3.63) is 59.7 Å². The summed E-state index contributed by atoms with van der Waals surface area (Å²) in [6, 6.07) is 14.0. The molecule has 0 saturated carbocycles. The van der Waals surface area contributed by atoms with E-state index in [1.165, 1.54) is 0 Å². The zero-order valence-corrected chi connectivity index (χ0v) is 17.1. The molecule has 0 amide bonds. The number of ether oxygens (including phenoxy) is 2. The van der Waals surface area contributed by atoms with Crippen LogP contribution in [0.4, 0.5) is 0 Å². The van der Waals surface area contributed by atoms with Crippen LogP contribution >= 0.6 is 0 Å². The van der Waals surface area contributed by atoms with Crippen molar-refractivity contribution >= 4 is 34.9 Å². The zero-order chi connectivity index (χ0) is 20.6. The number of carbonyl (C=O) groups is 1. The van der Waals surface area contributed by atoms with Crippen LogP contribution < -0.4 is 8.92 Å². The van der Waals surface area contributed by atoms with Crippen molar-refractivity contribution in [1.29, 1.82) is 0 Å². The minimum absolute atomic E-state index is 0. The van der Waals surface area contributed by atoms with Gasteiger partial charge in [-0.3, -0.25) is 0 Å². The maximum absolute atomic E-state index is 11.1. The SMILES string of the molecule is CCO[C@@H](Cc1ccc(OCCc2ccc(OS(C)(=O)=O)cc2)cc1)C(=O)O.O.[LiH]. The molecule has 0 aliphatic heterocycles. The number of benzene rings is 2. The van der Waals surface area contributed by atoms with Gasteiger partial charge in [-0.25, -0.2) is 4.79 Å². The van der Waals surface area contributed by atoms with E-state index in [1.807, 2.05) is 12.1 Å². The van der Waals surface area contributed by atoms with E-state index in [2.05, 4.69) is 0 Å². The van der Waals surface area contributed by atoms with Crippen LogP contribution in [-0.2, 0) is 32.5 Å². The van der Waals surface area contributed by atoms with Crippen molar-refractivity contribution in [1.82, 2.24) is 0 Å². The average molecular weight is 434 g/mol. The van der Waals surface area contributed by atoms with Gasteiger partial charge < -0.3 is 24.2 Å². The van der Waals surface area contributed by atoms with Gasteiger partial charge in [0.05, 0.1) is 12.9 Å². The molecule has 0 heterocycles. The summed E-state index contributed by atoms with van der Waals surface area (Å²) >= 11 is 0. The standard InChI is InChI=1S/C20H24O7S.Li.H2O.H/c1-3-25-19(20(21)22)14-16-6-8-17(9-7-16)26-13-12-15-4-10-18(11-5-15)27-28(2,23)24;;;/h4-11,19H,3,12-14H2,1-2H3,(H,21,22);;1H2;/t19-;;;/m0.../s1. The van der Waals surface area contributed by atoms with E-state index >= 15 is 0 Å². The molecule has 8 nitrogen and oxygen atoms in total. The Morgan fingerprint density at radius 2 is 1.53 bits per heavy atom. The third kappa shape index (κ3) is 10.1. The van der Waals surface area contributed by atoms with E-state index in [0.717, 1.165) is 17.4 Å². The topological polar surface area (TPSA) is 131 Å². The molecule has 0 fully saturated rings. The van der Waals surface area contributed by atoms with E-state index < -0.39 is 22.2 Å². The Hall–Kier alpha value is -2.02. The summed E-state index contributed by atoms with van der Waals surface area (Å²) in [5, 5.41) is 9.13. The van der Waals surface area contributed by atoms with Crippen molar-refractivity contribution in [2.45, 2.75) is 25.9 Å². The van der Waals surface area contributed by atoms with E-state index in [1.54, 1.807) is 43.3 Å². The van der Waals surface area contributed by atoms with Crippen LogP contribution in [0.15, 0.2) is 48.5 Å². The summed E-state index contributed by atoms with van der Waals surface area (Å²) in [6.07, 6.45) is 1.09. The number of carboxylic acid groups (broad SMARTS) is 1. The van der Waals surface area contributed by atoms with Crippen molar-refractivity contribution < 1.29 is 37.5 Å². The van der Waals surface area contributed by atoms with Gasteiger partial charge in [-0.05, 0) is 42.3 Å². The minimum atomic E-state index is -3.53. The number of rotatable bonds is 11. The van der Waals surface area contributed by atoms with Crippen molar-refractivity contribution in [2.75, 3.05) is 19.5 Å². The van der Waals surface area contributed by atoms with Crippen molar-refractivity contribution in [2.24, 2.45) is 0 Å². The predicted molar refractivity (Wildman–Crippen MR) is 115 cm³/mol. The van der Waals surface area contributed by atoms with Gasteiger partial charge in [-0.1, -0.05) is 24.3 Å². The third-order valence-electron chi connectivity index (χ3n) is 3.82. The molecule has 2 aromatic rings. The molecule has 0 radical (unpaired) electrons. The molecule has 1 atom stereocenters. The molecule has 3 N–H and O–H groups in total. The normalized spacial score (nSPS) is 11.5. The molecule has 0 bridgehead atoms. The molecule has 0 aliphatic carbocycles. The van der Waals surface area contributed by atoms with Gasteiger partial charge in [0, 0.05) is 19.4 Å². The fraction of sp³-hybridized carbons (Fsp3) is 0.350. The molecule has 0 aromatic heterocycles. The van der Waals surface area contributed by atoms with E-state index in [4.69, 9.17) is 18.8 Å². The second-order valence-corrected chi connectivity index (χ2v) is 7.74. The number of carboxylic acids is 1. The van der Waals surface area contributed by atoms with Crippen molar-refractivity contribution in [3.8, 4) is 11.5 Å². The first-order chi connectivity index (χ1) is 13.3. The Bertz CT molecular complexity index is 867. The molecule has 0 spiro atoms. The van der Waals surface area contributed by atoms with E-state index in [-0.39, 0.29) is 30.1 Å². The molecule has 2 rings (SSSR count). The van der Waals surface area contributed by atoms with Gasteiger partial charge in [0.15, 0.2) is 6.10 Å². The second kappa shape index (κ2) is 13.3. The van der Waals surface area contributed by atoms with Crippen LogP contribution in [0, 0.1) is 0 Å². The number of aliphatic carboxylic acids is 1. The summed E-state index contributed by atoms with van der Waals surface area (Å²) in [6.45, 7) is 2.56. The Kier molecular flexibility index (Phi) is 12.4. The van der Waals surface area contributed by atoms with Crippen molar-refractivity contribution in [3.63, 3.8) is 0 Å². The number of hydrogen-bond acceptors (Lipinski definition) is 6. The van der Waals surface area contributed by atoms with Gasteiger partial charge in [0.25, 0.3) is 0 Å². The Labute approximate surface area is 188 Å². The third-order valence-corrected chi connectivity index (χ3v) is 4.31. The molecular weight excluding hydrogens is 407 g/mol. The molecule has 0 saturated heterocycles. The average Bonchev–Trinajstić information content (AvgIpc) is 2.63. The second-order valence-electron chi connectivity index (χ2n) is 6.16. The molecule has 30 heavy (non-hydrogen) atoms. The first-order valence-corrected chi connectivity index (χ1v) is 10.6. The molecule has 10 heteroatoms. The van der Waals surface area contributed by atoms with Crippen LogP contribution in [0.25, 0.3) is 0 Å². The van der Waals surface area contributed by atoms with Gasteiger partial charge >= 0.3 is 34.9 Å². The van der Waals surface area contributed by atoms with Gasteiger partial charge in [0.1, 0.15) is 11.5 Å². The summed E-state index contributed by atoms with van der Waals surface area (Å²) in [5.41, 5.74) is 1.84. The molecule has 0 aliphatic rings. The van der Waals surface area contributed by atoms with E-state index in [9.17, 15) is 13.2 Å². The predicted octanol–water partition coefficient (Wildman–Crippen LogP) is 1.21. The van der Waals surface area contributed by atoms with Crippen LogP contribution in [0.2, 0.25) is 0 Å². The number of hydrogen-bond donors (Lipinski definition) is 1. The summed E-state index contributed by atoms with van der Waals surface area (Å²) in [4.78, 5) is 11.1. The van der Waals surface area contributed by atoms with Gasteiger partial charge in [-0.2, -0.15) is 8.42 Å². The molecule has 0 unspecified atom stereocenters. The fourth-order valence-corrected chi connectivity index (χ4v) is 2.99. The van der Waals surface area contributed by atoms with Crippen LogP contribution in [-0.4, -0.2) is 69.4 Å². The Balaban J connectivity index is 0.00000420. The first kappa shape index (κ1) is 28.0. The maximum atomic E-state index is 11.1. The first-order valence-electron chi connectivity index (χ1n) is 8.81. The molecule has 2 aromatic carbocycles. The van der Waals surface area contributed by atoms with Gasteiger partial charge in [0.2, 0.25) is 0 Å².